The van der Waals surface area contributed by atoms with Crippen LogP contribution in [0.4, 0.5) is 4.79 Å². The van der Waals surface area contributed by atoms with Crippen LogP contribution < -0.4 is 31.3 Å². The summed E-state index contributed by atoms with van der Waals surface area (Å²) in [6.45, 7) is 6.85. The smallest absolute Gasteiger partial charge is 0.416 e. The summed E-state index contributed by atoms with van der Waals surface area (Å²) in [5, 5.41) is 5.74. The van der Waals surface area contributed by atoms with Gasteiger partial charge in [-0.1, -0.05) is 42.5 Å². The number of alkyl halides is 1. The normalized spacial score (nSPS) is 15.7. The largest absolute Gasteiger partial charge is 0.494 e. The third-order valence-corrected chi connectivity index (χ3v) is 6.98. The van der Waals surface area contributed by atoms with E-state index in [1.807, 2.05) is 36.4 Å². The van der Waals surface area contributed by atoms with E-state index >= 15 is 0 Å². The molecule has 1 aliphatic heterocycles. The van der Waals surface area contributed by atoms with Crippen LogP contribution in [0.2, 0.25) is 5.02 Å². The van der Waals surface area contributed by atoms with Crippen LogP contribution in [-0.2, 0) is 11.3 Å². The van der Waals surface area contributed by atoms with Crippen LogP contribution in [0.3, 0.4) is 0 Å². The molecule has 3 aromatic rings. The van der Waals surface area contributed by atoms with Gasteiger partial charge in [-0.15, -0.1) is 11.6 Å². The summed E-state index contributed by atoms with van der Waals surface area (Å²) in [4.78, 5) is 23.3. The minimum atomic E-state index is -0.447. The molecule has 0 radical (unpaired) electrons. The molecule has 0 saturated carbocycles. The van der Waals surface area contributed by atoms with Gasteiger partial charge in [0.05, 0.1) is 13.2 Å². The number of carbonyl (C=O) groups is 1. The highest BCUT2D eigenvalue weighted by Gasteiger charge is 2.35. The molecule has 10 heteroatoms. The number of nitrogens with one attached hydrogen (secondary N) is 2. The molecule has 212 valence electrons. The van der Waals surface area contributed by atoms with Crippen LogP contribution in [0.25, 0.3) is 12.2 Å². The van der Waals surface area contributed by atoms with Gasteiger partial charge in [-0.2, -0.15) is 0 Å². The fourth-order valence-electron chi connectivity index (χ4n) is 4.77. The van der Waals surface area contributed by atoms with Gasteiger partial charge in [-0.05, 0) is 73.0 Å². The Labute approximate surface area is 244 Å². The number of rotatable bonds is 12. The number of hydrogen-bond acceptors (Lipinski definition) is 6. The summed E-state index contributed by atoms with van der Waals surface area (Å²) in [6.07, 6.45) is 6.68. The average molecular weight is 586 g/mol. The number of allylic oxidation sites excluding steroid dienone is 1. The molecule has 1 amide bonds. The molecule has 8 nitrogen and oxygen atoms in total. The molecular weight excluding hydrogens is 551 g/mol. The van der Waals surface area contributed by atoms with Crippen LogP contribution in [0.5, 0.6) is 11.5 Å². The molecule has 2 heterocycles. The fourth-order valence-corrected chi connectivity index (χ4v) is 5.05. The highest BCUT2D eigenvalue weighted by atomic mass is 35.5. The molecule has 0 saturated heterocycles. The lowest BCUT2D eigenvalue weighted by atomic mass is 9.93. The molecule has 1 unspecified atom stereocenters. The van der Waals surface area contributed by atoms with Gasteiger partial charge < -0.3 is 24.6 Å². The van der Waals surface area contributed by atoms with Crippen LogP contribution in [0, 0.1) is 0 Å². The summed E-state index contributed by atoms with van der Waals surface area (Å²) in [5.74, 6) is 6.58. The number of hydrogen-bond donors (Lipinski definition) is 3. The molecular formula is C30H34Cl2N4O4. The number of fused-ring (bicyclic) bond motifs is 1. The van der Waals surface area contributed by atoms with E-state index in [0.717, 1.165) is 46.1 Å². The van der Waals surface area contributed by atoms with Gasteiger partial charge in [-0.25, -0.2) is 10.7 Å². The van der Waals surface area contributed by atoms with Gasteiger partial charge >= 0.3 is 6.09 Å². The predicted molar refractivity (Wildman–Crippen MR) is 159 cm³/mol. The Kier molecular flexibility index (Phi) is 11.1. The van der Waals surface area contributed by atoms with Gasteiger partial charge in [0.15, 0.2) is 0 Å². The van der Waals surface area contributed by atoms with Crippen molar-refractivity contribution in [1.82, 2.24) is 15.2 Å². The van der Waals surface area contributed by atoms with Crippen molar-refractivity contribution in [3.8, 4) is 11.5 Å². The number of nitrogens with two attached hydrogens (primary N) is 1. The topological polar surface area (TPSA) is 102 Å². The number of H-pyrrole nitrogens is 1. The van der Waals surface area contributed by atoms with E-state index in [1.54, 1.807) is 35.2 Å². The second kappa shape index (κ2) is 14.9. The van der Waals surface area contributed by atoms with Crippen LogP contribution in [-0.4, -0.2) is 54.7 Å². The minimum Gasteiger partial charge on any atom is -0.494 e. The lowest BCUT2D eigenvalue weighted by Gasteiger charge is -2.35. The van der Waals surface area contributed by atoms with E-state index in [2.05, 4.69) is 21.7 Å². The number of amides is 1. The Morgan fingerprint density at radius 3 is 2.58 bits per heavy atom. The van der Waals surface area contributed by atoms with Gasteiger partial charge in [-0.3, -0.25) is 4.90 Å². The monoisotopic (exact) mass is 584 g/mol. The first-order valence-electron chi connectivity index (χ1n) is 13.1. The Morgan fingerprint density at radius 2 is 1.88 bits per heavy atom. The Hall–Kier alpha value is -3.27. The van der Waals surface area contributed by atoms with Gasteiger partial charge in [0.1, 0.15) is 17.5 Å². The number of aromatic amines is 1. The van der Waals surface area contributed by atoms with Crippen molar-refractivity contribution in [3.05, 3.63) is 93.6 Å². The summed E-state index contributed by atoms with van der Waals surface area (Å²) in [7, 11) is 0. The van der Waals surface area contributed by atoms with Crippen molar-refractivity contribution >= 4 is 41.4 Å². The minimum absolute atomic E-state index is 0.373. The molecule has 0 spiro atoms. The molecule has 0 aliphatic carbocycles. The van der Waals surface area contributed by atoms with Gasteiger partial charge in [0.25, 0.3) is 0 Å². The Morgan fingerprint density at radius 1 is 1.12 bits per heavy atom. The molecule has 4 rings (SSSR count). The van der Waals surface area contributed by atoms with Gasteiger partial charge in [0.2, 0.25) is 0 Å². The van der Waals surface area contributed by atoms with Crippen LogP contribution in [0.15, 0.2) is 61.2 Å². The number of carbonyl (C=O) groups excluding carboxylic acids is 1. The lowest BCUT2D eigenvalue weighted by Crippen LogP contribution is -2.43. The fraction of sp³-hybridized carbons (Fsp3) is 0.300. The molecule has 4 N–H and O–H groups in total. The van der Waals surface area contributed by atoms with Crippen LogP contribution in [0.1, 0.15) is 29.3 Å². The van der Waals surface area contributed by atoms with E-state index in [-0.39, 0.29) is 0 Å². The first-order chi connectivity index (χ1) is 19.5. The van der Waals surface area contributed by atoms with E-state index in [1.165, 1.54) is 0 Å². The highest BCUT2D eigenvalue weighted by Crippen LogP contribution is 2.34. The molecule has 1 aromatic heterocycles. The van der Waals surface area contributed by atoms with E-state index in [9.17, 15) is 4.79 Å². The summed E-state index contributed by atoms with van der Waals surface area (Å²) in [5.41, 5.74) is 2.97. The van der Waals surface area contributed by atoms with Crippen molar-refractivity contribution in [3.63, 3.8) is 0 Å². The average Bonchev–Trinajstić information content (AvgIpc) is 3.31. The lowest BCUT2D eigenvalue weighted by molar-refractivity contribution is 0.135. The Balaban J connectivity index is 1.60. The third kappa shape index (κ3) is 7.47. The number of halogens is 2. The van der Waals surface area contributed by atoms with Crippen molar-refractivity contribution in [2.75, 3.05) is 38.7 Å². The summed E-state index contributed by atoms with van der Waals surface area (Å²) >= 11 is 12.1. The molecule has 1 atom stereocenters. The highest BCUT2D eigenvalue weighted by molar-refractivity contribution is 6.30. The van der Waals surface area contributed by atoms with Crippen LogP contribution >= 0.6 is 23.2 Å². The number of benzene rings is 2. The second-order valence-corrected chi connectivity index (χ2v) is 9.91. The van der Waals surface area contributed by atoms with Crippen molar-refractivity contribution in [2.45, 2.75) is 18.9 Å². The maximum Gasteiger partial charge on any atom is 0.416 e. The maximum atomic E-state index is 13.5. The molecule has 0 bridgehead atoms. The molecule has 40 heavy (non-hydrogen) atoms. The molecule has 1 aliphatic rings. The first-order valence-corrected chi connectivity index (χ1v) is 14.1. The molecule has 2 aromatic carbocycles. The standard InChI is InChI=1S/C30H34Cl2N4O4/c1-2-4-27-25(13-15-31)26-14-18-36(30(37)40-24-11-7-22(32)8-12-24)29(28(26)35-27)21-5-9-23(10-6-21)38-19-3-16-34-17-20-39-33/h2,4-13,29,34-35H,1,3,14-20,33H2/b25-13-,27-4+. The predicted octanol–water partition coefficient (Wildman–Crippen LogP) is 4.05. The van der Waals surface area contributed by atoms with Crippen molar-refractivity contribution < 1.29 is 19.1 Å². The van der Waals surface area contributed by atoms with E-state index in [0.29, 0.717) is 49.4 Å². The molecule has 0 fully saturated rings. The third-order valence-electron chi connectivity index (χ3n) is 6.58. The zero-order chi connectivity index (χ0) is 28.3. The van der Waals surface area contributed by atoms with Crippen molar-refractivity contribution in [2.24, 2.45) is 5.90 Å². The van der Waals surface area contributed by atoms with E-state index in [4.69, 9.17) is 38.6 Å². The van der Waals surface area contributed by atoms with E-state index < -0.39 is 12.1 Å². The number of aromatic nitrogens is 1. The first kappa shape index (κ1) is 29.7. The number of ether oxygens (including phenoxy) is 2. The summed E-state index contributed by atoms with van der Waals surface area (Å²) < 4.78 is 11.7. The summed E-state index contributed by atoms with van der Waals surface area (Å²) in [6, 6.07) is 14.2. The van der Waals surface area contributed by atoms with Gasteiger partial charge in [0, 0.05) is 40.3 Å². The number of nitrogens with zero attached hydrogens (tertiary/aromatic N) is 1. The van der Waals surface area contributed by atoms with Crippen molar-refractivity contribution in [1.29, 1.82) is 0 Å². The second-order valence-electron chi connectivity index (χ2n) is 9.17. The quantitative estimate of drug-likeness (QED) is 0.169. The zero-order valence-corrected chi connectivity index (χ0v) is 23.7. The Bertz CT molecular complexity index is 1390. The maximum absolute atomic E-state index is 13.5. The SMILES string of the molecule is C=C/C=c1/[nH]c2c(/c1=C/CCl)CCN(C(=O)Oc1ccc(Cl)cc1)C2c1ccc(OCCCNCCON)cc1. The zero-order valence-electron chi connectivity index (χ0n) is 22.2.